The minimum atomic E-state index is -0.400. The van der Waals surface area contributed by atoms with Crippen molar-refractivity contribution in [2.75, 3.05) is 0 Å². The highest BCUT2D eigenvalue weighted by atomic mass is 16.1. The van der Waals surface area contributed by atoms with Gasteiger partial charge in [-0.15, -0.1) is 0 Å². The third kappa shape index (κ3) is 13.4. The van der Waals surface area contributed by atoms with Crippen LogP contribution in [0.2, 0.25) is 0 Å². The van der Waals surface area contributed by atoms with E-state index in [9.17, 15) is 14.4 Å². The Balaban J connectivity index is 0.000000174. The van der Waals surface area contributed by atoms with Crippen molar-refractivity contribution < 1.29 is 28.8 Å². The van der Waals surface area contributed by atoms with Crippen molar-refractivity contribution in [1.29, 1.82) is 0 Å². The molecule has 6 heteroatoms. The Bertz CT molecular complexity index is 4710. The summed E-state index contributed by atoms with van der Waals surface area (Å²) in [4.78, 5) is 84.4. The maximum absolute atomic E-state index is 15.1. The number of rotatable bonds is 18. The topological polar surface area (TPSA) is 102 Å². The maximum Gasteiger partial charge on any atom is 0.194 e. The quantitative estimate of drug-likeness (QED) is 0.0793. The molecule has 0 saturated heterocycles. The van der Waals surface area contributed by atoms with E-state index >= 15 is 14.4 Å². The van der Waals surface area contributed by atoms with Gasteiger partial charge in [0.25, 0.3) is 0 Å². The van der Waals surface area contributed by atoms with Crippen LogP contribution in [-0.4, -0.2) is 34.7 Å². The van der Waals surface area contributed by atoms with E-state index in [0.717, 1.165) is 50.1 Å². The summed E-state index contributed by atoms with van der Waals surface area (Å²) < 4.78 is 0. The Morgan fingerprint density at radius 1 is 0.135 bits per heavy atom. The molecule has 0 unspecified atom stereocenters. The van der Waals surface area contributed by atoms with Gasteiger partial charge in [-0.3, -0.25) is 28.8 Å². The molecular weight excluding hydrogens is 1180 g/mol. The Morgan fingerprint density at radius 3 is 0.542 bits per heavy atom. The molecule has 0 aliphatic rings. The van der Waals surface area contributed by atoms with Gasteiger partial charge in [0.2, 0.25) is 0 Å². The smallest absolute Gasteiger partial charge is 0.194 e. The van der Waals surface area contributed by atoms with E-state index < -0.39 is 5.78 Å². The molecule has 0 bridgehead atoms. The average molecular weight is 1240 g/mol. The molecule has 14 rings (SSSR count). The van der Waals surface area contributed by atoms with Crippen molar-refractivity contribution in [2.24, 2.45) is 0 Å². The van der Waals surface area contributed by atoms with Gasteiger partial charge < -0.3 is 0 Å². The lowest BCUT2D eigenvalue weighted by atomic mass is 9.74. The van der Waals surface area contributed by atoms with Crippen LogP contribution >= 0.6 is 0 Å². The second kappa shape index (κ2) is 28.7. The first-order valence-electron chi connectivity index (χ1n) is 31.6. The van der Waals surface area contributed by atoms with Crippen LogP contribution in [0.25, 0.3) is 66.8 Å². The number of carbonyl (C=O) groups excluding carboxylic acids is 6. The third-order valence-corrected chi connectivity index (χ3v) is 17.0. The van der Waals surface area contributed by atoms with Gasteiger partial charge >= 0.3 is 0 Å². The highest BCUT2D eigenvalue weighted by Gasteiger charge is 2.36. The summed E-state index contributed by atoms with van der Waals surface area (Å²) in [7, 11) is 0. The second-order valence-corrected chi connectivity index (χ2v) is 23.1. The number of carbonyl (C=O) groups is 6. The Labute approximate surface area is 557 Å². The van der Waals surface area contributed by atoms with Crippen molar-refractivity contribution in [2.45, 2.75) is 0 Å². The van der Waals surface area contributed by atoms with Crippen LogP contribution in [0, 0.1) is 0 Å². The summed E-state index contributed by atoms with van der Waals surface area (Å²) in [6.45, 7) is 0. The lowest BCUT2D eigenvalue weighted by Crippen LogP contribution is -2.21. The molecule has 6 nitrogen and oxygen atoms in total. The van der Waals surface area contributed by atoms with E-state index in [0.29, 0.717) is 66.8 Å². The molecular formula is C90H60O6. The van der Waals surface area contributed by atoms with Crippen molar-refractivity contribution in [3.8, 4) is 66.8 Å². The van der Waals surface area contributed by atoms with Crippen molar-refractivity contribution >= 4 is 34.7 Å². The van der Waals surface area contributed by atoms with Crippen LogP contribution in [0.5, 0.6) is 0 Å². The molecule has 0 aliphatic carbocycles. The third-order valence-electron chi connectivity index (χ3n) is 17.0. The van der Waals surface area contributed by atoms with E-state index in [1.54, 1.807) is 72.8 Å². The van der Waals surface area contributed by atoms with E-state index in [2.05, 4.69) is 18.2 Å². The van der Waals surface area contributed by atoms with E-state index in [4.69, 9.17) is 0 Å². The van der Waals surface area contributed by atoms with Gasteiger partial charge in [-0.25, -0.2) is 0 Å². The first-order chi connectivity index (χ1) is 47.2. The molecule has 0 spiro atoms. The zero-order valence-corrected chi connectivity index (χ0v) is 52.1. The van der Waals surface area contributed by atoms with Crippen molar-refractivity contribution in [3.05, 3.63) is 431 Å². The SMILES string of the molecule is O=C(c1ccccc1)c1c(C(=O)c2ccccc2)c(-c2ccccc2)c(-c2ccccc2)c(-c2ccccc2)c1C(=O)c1ccccc1.O=C(c1ccccc1)c1ccc(-c2cc(-c3ccc(C(=O)c4ccccc4)cc3)cc(-c3ccc(C(=O)c4ccccc4)cc3)c2)cc1. The van der Waals surface area contributed by atoms with E-state index in [-0.39, 0.29) is 45.6 Å². The van der Waals surface area contributed by atoms with Crippen molar-refractivity contribution in [3.63, 3.8) is 0 Å². The molecule has 0 N–H and O–H groups in total. The van der Waals surface area contributed by atoms with Gasteiger partial charge in [-0.1, -0.05) is 346 Å². The monoisotopic (exact) mass is 1240 g/mol. The van der Waals surface area contributed by atoms with Crippen LogP contribution in [0.15, 0.2) is 364 Å². The fourth-order valence-electron chi connectivity index (χ4n) is 12.2. The van der Waals surface area contributed by atoms with Gasteiger partial charge in [0.05, 0.1) is 0 Å². The predicted molar refractivity (Wildman–Crippen MR) is 385 cm³/mol. The normalized spacial score (nSPS) is 10.8. The average Bonchev–Trinajstić information content (AvgIpc) is 0.717. The molecule has 456 valence electrons. The van der Waals surface area contributed by atoms with E-state index in [1.807, 2.05) is 273 Å². The minimum absolute atomic E-state index is 0.0214. The predicted octanol–water partition coefficient (Wildman–Crippen LogP) is 20.8. The number of benzene rings is 14. The van der Waals surface area contributed by atoms with Gasteiger partial charge in [0.1, 0.15) is 0 Å². The lowest BCUT2D eigenvalue weighted by molar-refractivity contribution is 0.0991. The van der Waals surface area contributed by atoms with Crippen LogP contribution in [0.4, 0.5) is 0 Å². The van der Waals surface area contributed by atoms with Gasteiger partial charge in [0.15, 0.2) is 34.7 Å². The number of hydrogen-bond acceptors (Lipinski definition) is 6. The summed E-state index contributed by atoms with van der Waals surface area (Å²) >= 11 is 0. The Hall–Kier alpha value is -12.9. The first kappa shape index (κ1) is 61.9. The highest BCUT2D eigenvalue weighted by Crippen LogP contribution is 2.48. The minimum Gasteiger partial charge on any atom is -0.289 e. The second-order valence-electron chi connectivity index (χ2n) is 23.1. The van der Waals surface area contributed by atoms with Crippen LogP contribution in [0.3, 0.4) is 0 Å². The summed E-state index contributed by atoms with van der Waals surface area (Å²) in [5, 5.41) is 0. The molecule has 0 aromatic heterocycles. The van der Waals surface area contributed by atoms with Gasteiger partial charge in [-0.05, 0) is 73.8 Å². The van der Waals surface area contributed by atoms with Crippen molar-refractivity contribution in [1.82, 2.24) is 0 Å². The zero-order chi connectivity index (χ0) is 65.7. The lowest BCUT2D eigenvalue weighted by Gasteiger charge is -2.26. The fraction of sp³-hybridized carbons (Fsp3) is 0. The van der Waals surface area contributed by atoms with Gasteiger partial charge in [0, 0.05) is 77.9 Å². The highest BCUT2D eigenvalue weighted by molar-refractivity contribution is 6.31. The molecule has 14 aromatic rings. The first-order valence-corrected chi connectivity index (χ1v) is 31.6. The zero-order valence-electron chi connectivity index (χ0n) is 52.1. The molecule has 0 atom stereocenters. The standard InChI is InChI=1S/2C45H30O3/c46-43(34-25-13-4-14-26-34)40-38(32-21-9-2-10-22-32)37(31-19-7-1-8-20-31)39(33-23-11-3-12-24-33)41(44(47)35-27-15-5-16-28-35)42(40)45(48)36-29-17-6-18-30-36;46-43(34-10-4-1-5-11-34)37-22-16-31(17-23-37)40-28-41(32-18-24-38(25-19-32)44(47)35-12-6-2-7-13-35)30-42(29-40)33-20-26-39(27-21-33)45(48)36-14-8-3-9-15-36/h2*1-30H. The van der Waals surface area contributed by atoms with Gasteiger partial charge in [-0.2, -0.15) is 0 Å². The summed E-state index contributed by atoms with van der Waals surface area (Å²) in [6, 6.07) is 113. The van der Waals surface area contributed by atoms with Crippen LogP contribution < -0.4 is 0 Å². The largest absolute Gasteiger partial charge is 0.289 e. The Kier molecular flexibility index (Phi) is 18.5. The number of ketones is 6. The molecule has 0 amide bonds. The van der Waals surface area contributed by atoms with E-state index in [1.165, 1.54) is 0 Å². The summed E-state index contributed by atoms with van der Waals surface area (Å²) in [5.74, 6) is -1.14. The van der Waals surface area contributed by atoms with Crippen LogP contribution in [0.1, 0.15) is 95.5 Å². The molecule has 14 aromatic carbocycles. The molecule has 0 aliphatic heterocycles. The molecule has 0 saturated carbocycles. The summed E-state index contributed by atoms with van der Waals surface area (Å²) in [6.07, 6.45) is 0. The maximum atomic E-state index is 15.1. The summed E-state index contributed by atoms with van der Waals surface area (Å²) in [5.41, 5.74) is 15.6. The fourth-order valence-corrected chi connectivity index (χ4v) is 12.2. The van der Waals surface area contributed by atoms with Crippen LogP contribution in [-0.2, 0) is 0 Å². The molecule has 96 heavy (non-hydrogen) atoms. The number of hydrogen-bond donors (Lipinski definition) is 0. The molecule has 0 fully saturated rings. The Morgan fingerprint density at radius 2 is 0.312 bits per heavy atom. The molecule has 0 heterocycles. The molecule has 0 radical (unpaired) electrons.